The third-order valence-electron chi connectivity index (χ3n) is 4.08. The second kappa shape index (κ2) is 11.5. The summed E-state index contributed by atoms with van der Waals surface area (Å²) in [5.74, 6) is -0.820. The van der Waals surface area contributed by atoms with E-state index >= 15 is 0 Å². The summed E-state index contributed by atoms with van der Waals surface area (Å²) in [4.78, 5) is 46.2. The van der Waals surface area contributed by atoms with Crippen LogP contribution in [-0.4, -0.2) is 36.0 Å². The highest BCUT2D eigenvalue weighted by Crippen LogP contribution is 2.20. The van der Waals surface area contributed by atoms with E-state index in [4.69, 9.17) is 0 Å². The molecule has 0 aliphatic heterocycles. The number of Topliss-reactive ketones (excluding diaryl/α,β-unsaturated/α-hetero) is 2. The van der Waals surface area contributed by atoms with Gasteiger partial charge in [0.15, 0.2) is 5.78 Å². The monoisotopic (exact) mass is 400 g/mol. The molecule has 0 aliphatic rings. The van der Waals surface area contributed by atoms with Crippen molar-refractivity contribution in [2.45, 2.75) is 40.7 Å². The minimum absolute atomic E-state index is 0. The Balaban J connectivity index is 0. The fraction of sp³-hybridized carbons (Fsp3) is 0.304. The number of ketones is 2. The van der Waals surface area contributed by atoms with Gasteiger partial charge in [-0.2, -0.15) is 0 Å². The molecule has 0 unspecified atom stereocenters. The molecule has 2 amide bonds. The van der Waals surface area contributed by atoms with E-state index in [1.807, 2.05) is 13.8 Å². The molecule has 1 atom stereocenters. The Bertz CT molecular complexity index is 866. The molecule has 0 fully saturated rings. The lowest BCUT2D eigenvalue weighted by atomic mass is 10.0. The number of benzene rings is 2. The normalized spacial score (nSPS) is 10.8. The molecule has 6 nitrogen and oxygen atoms in total. The smallest absolute Gasteiger partial charge is 0.251 e. The van der Waals surface area contributed by atoms with Gasteiger partial charge in [0.25, 0.3) is 11.8 Å². The Kier molecular flexibility index (Phi) is 9.45. The standard InChI is InChI=1S/C21H22N2O4.C2H6.2H2/c1-13(24)12-22-20(26)18-8-4-16(5-9-18)17-6-10-19(11-7-17)21(27)23-14(2)15(3)25;1-2;;/h4-11,14H,12H2,1-3H3,(H,22,26)(H,23,27);1-2H3;2*1H/t14-;;;/m1.../s1. The summed E-state index contributed by atoms with van der Waals surface area (Å²) in [6, 6.07) is 13.4. The molecule has 29 heavy (non-hydrogen) atoms. The Morgan fingerprint density at radius 2 is 1.21 bits per heavy atom. The second-order valence-corrected chi connectivity index (χ2v) is 6.35. The van der Waals surface area contributed by atoms with Gasteiger partial charge in [0.05, 0.1) is 12.6 Å². The molecular weight excluding hydrogens is 368 g/mol. The Morgan fingerprint density at radius 3 is 1.59 bits per heavy atom. The van der Waals surface area contributed by atoms with E-state index in [1.165, 1.54) is 13.8 Å². The average molecular weight is 401 g/mol. The van der Waals surface area contributed by atoms with Gasteiger partial charge in [0.2, 0.25) is 0 Å². The van der Waals surface area contributed by atoms with Crippen LogP contribution in [-0.2, 0) is 9.59 Å². The number of rotatable bonds is 7. The zero-order valence-electron chi connectivity index (χ0n) is 17.5. The highest BCUT2D eigenvalue weighted by Gasteiger charge is 2.13. The van der Waals surface area contributed by atoms with Crippen molar-refractivity contribution in [3.05, 3.63) is 59.7 Å². The van der Waals surface area contributed by atoms with Crippen molar-refractivity contribution in [3.8, 4) is 11.1 Å². The van der Waals surface area contributed by atoms with Crippen LogP contribution in [0, 0.1) is 0 Å². The molecule has 6 heteroatoms. The number of amides is 2. The van der Waals surface area contributed by atoms with E-state index in [0.29, 0.717) is 11.1 Å². The van der Waals surface area contributed by atoms with Crippen LogP contribution in [0.25, 0.3) is 11.1 Å². The van der Waals surface area contributed by atoms with E-state index in [2.05, 4.69) is 10.6 Å². The number of nitrogens with one attached hydrogen (secondary N) is 2. The van der Waals surface area contributed by atoms with Crippen LogP contribution in [0.15, 0.2) is 48.5 Å². The van der Waals surface area contributed by atoms with Crippen molar-refractivity contribution in [2.24, 2.45) is 0 Å². The van der Waals surface area contributed by atoms with Crippen molar-refractivity contribution < 1.29 is 22.0 Å². The van der Waals surface area contributed by atoms with Crippen LogP contribution in [0.3, 0.4) is 0 Å². The molecule has 0 aromatic heterocycles. The molecule has 0 bridgehead atoms. The lowest BCUT2D eigenvalue weighted by Gasteiger charge is -2.11. The average Bonchev–Trinajstić information content (AvgIpc) is 2.73. The zero-order valence-corrected chi connectivity index (χ0v) is 17.5. The van der Waals surface area contributed by atoms with Crippen LogP contribution in [0.5, 0.6) is 0 Å². The largest absolute Gasteiger partial charge is 0.345 e. The van der Waals surface area contributed by atoms with Crippen molar-refractivity contribution in [1.82, 2.24) is 10.6 Å². The lowest BCUT2D eigenvalue weighted by Crippen LogP contribution is -2.37. The summed E-state index contributed by atoms with van der Waals surface area (Å²) >= 11 is 0. The first-order valence-corrected chi connectivity index (χ1v) is 9.57. The van der Waals surface area contributed by atoms with Crippen molar-refractivity contribution >= 4 is 23.4 Å². The van der Waals surface area contributed by atoms with Gasteiger partial charge < -0.3 is 10.6 Å². The quantitative estimate of drug-likeness (QED) is 0.737. The van der Waals surface area contributed by atoms with Gasteiger partial charge in [-0.05, 0) is 56.2 Å². The van der Waals surface area contributed by atoms with E-state index in [9.17, 15) is 19.2 Å². The van der Waals surface area contributed by atoms with Crippen LogP contribution in [0.4, 0.5) is 0 Å². The van der Waals surface area contributed by atoms with Gasteiger partial charge in [-0.3, -0.25) is 19.2 Å². The fourth-order valence-corrected chi connectivity index (χ4v) is 2.32. The van der Waals surface area contributed by atoms with Crippen LogP contribution in [0.2, 0.25) is 0 Å². The maximum Gasteiger partial charge on any atom is 0.251 e. The van der Waals surface area contributed by atoms with Gasteiger partial charge in [-0.25, -0.2) is 0 Å². The predicted molar refractivity (Wildman–Crippen MR) is 118 cm³/mol. The van der Waals surface area contributed by atoms with E-state index in [0.717, 1.165) is 11.1 Å². The van der Waals surface area contributed by atoms with Crippen LogP contribution < -0.4 is 10.6 Å². The summed E-state index contributed by atoms with van der Waals surface area (Å²) in [6.07, 6.45) is 0. The molecule has 0 saturated heterocycles. The van der Waals surface area contributed by atoms with Gasteiger partial charge >= 0.3 is 0 Å². The van der Waals surface area contributed by atoms with Crippen molar-refractivity contribution in [1.29, 1.82) is 0 Å². The first kappa shape index (κ1) is 23.8. The zero-order chi connectivity index (χ0) is 22.0. The first-order valence-electron chi connectivity index (χ1n) is 9.57. The van der Waals surface area contributed by atoms with Gasteiger partial charge in [-0.15, -0.1) is 0 Å². The van der Waals surface area contributed by atoms with Crippen LogP contribution >= 0.6 is 0 Å². The van der Waals surface area contributed by atoms with E-state index in [-0.39, 0.29) is 32.8 Å². The highest BCUT2D eigenvalue weighted by molar-refractivity contribution is 5.98. The second-order valence-electron chi connectivity index (χ2n) is 6.35. The Hall–Kier alpha value is -3.28. The summed E-state index contributed by atoms with van der Waals surface area (Å²) in [6.45, 7) is 8.49. The molecule has 2 rings (SSSR count). The third-order valence-corrected chi connectivity index (χ3v) is 4.08. The third kappa shape index (κ3) is 7.33. The topological polar surface area (TPSA) is 92.3 Å². The molecule has 0 radical (unpaired) electrons. The lowest BCUT2D eigenvalue weighted by molar-refractivity contribution is -0.118. The van der Waals surface area contributed by atoms with Crippen molar-refractivity contribution in [2.75, 3.05) is 6.54 Å². The number of carbonyl (C=O) groups is 4. The van der Waals surface area contributed by atoms with Crippen LogP contribution in [0.1, 0.15) is 58.2 Å². The summed E-state index contributed by atoms with van der Waals surface area (Å²) < 4.78 is 0. The fourth-order valence-electron chi connectivity index (χ4n) is 2.32. The SMILES string of the molecule is CC.CC(=O)CNC(=O)c1ccc(-c2ccc(C(=O)N[C@H](C)C(C)=O)cc2)cc1.[HH].[HH]. The minimum atomic E-state index is -0.529. The molecular formula is C23H32N2O4. The van der Waals surface area contributed by atoms with E-state index < -0.39 is 6.04 Å². The maximum atomic E-state index is 12.1. The maximum absolute atomic E-state index is 12.1. The summed E-state index contributed by atoms with van der Waals surface area (Å²) in [5.41, 5.74) is 2.71. The molecule has 0 heterocycles. The number of hydrogen-bond acceptors (Lipinski definition) is 4. The van der Waals surface area contributed by atoms with Crippen molar-refractivity contribution in [3.63, 3.8) is 0 Å². The van der Waals surface area contributed by atoms with E-state index in [1.54, 1.807) is 55.5 Å². The molecule has 2 aromatic rings. The predicted octanol–water partition coefficient (Wildman–Crippen LogP) is 3.90. The highest BCUT2D eigenvalue weighted by atomic mass is 16.2. The van der Waals surface area contributed by atoms with Gasteiger partial charge in [0.1, 0.15) is 5.78 Å². The summed E-state index contributed by atoms with van der Waals surface area (Å²) in [7, 11) is 0. The molecule has 2 N–H and O–H groups in total. The Morgan fingerprint density at radius 1 is 0.793 bits per heavy atom. The van der Waals surface area contributed by atoms with Gasteiger partial charge in [0, 0.05) is 14.0 Å². The molecule has 0 aliphatic carbocycles. The number of carbonyl (C=O) groups excluding carboxylic acids is 4. The molecule has 158 valence electrons. The minimum Gasteiger partial charge on any atom is -0.345 e. The van der Waals surface area contributed by atoms with Gasteiger partial charge in [-0.1, -0.05) is 38.1 Å². The summed E-state index contributed by atoms with van der Waals surface area (Å²) in [5, 5.41) is 5.18. The Labute approximate surface area is 174 Å². The first-order chi connectivity index (χ1) is 13.8. The molecule has 0 spiro atoms. The molecule has 0 saturated carbocycles. The number of hydrogen-bond donors (Lipinski definition) is 2. The molecule has 2 aromatic carbocycles.